The molecule has 0 bridgehead atoms. The second-order valence-electron chi connectivity index (χ2n) is 37.7. The molecular weight excluding hydrogens is 1710 g/mol. The lowest BCUT2D eigenvalue weighted by Crippen LogP contribution is -2.21. The molecule has 1 N–H and O–H groups in total. The molecular formula is C107H115N11O15S. The zero-order valence-electron chi connectivity index (χ0n) is 80.0. The monoisotopic (exact) mass is 1830 g/mol. The summed E-state index contributed by atoms with van der Waals surface area (Å²) < 4.78 is 36.8. The molecule has 0 fully saturated rings. The summed E-state index contributed by atoms with van der Waals surface area (Å²) in [6, 6.07) is 53.6. The molecule has 16 rings (SSSR count). The SMILES string of the molecule is CC(C)(C)C(=O)c1cc(-c2ccco2)[nH]n1.CC(C)(C)C(=O)c1cc(-c2ccco2)ccn1.CC(C)(C)C(=O)c1cc(-c2ccco2)on1.CC(C)(C)C(=O)c1cncc(-c2ccncc2)c1.CC(C)(C)C(=O)c1csc(-c2ccccc2)n1.CC(C)C(=O)c1cc(-c2ccco2)ncn1.CC(C)C(=O)c1cncc(-c2ccco2)c1.Cc1oc(-c2ccccc2)nc1C(=O)C(C)(C)C. The van der Waals surface area contributed by atoms with E-state index in [1.165, 1.54) is 17.7 Å². The van der Waals surface area contributed by atoms with Gasteiger partial charge in [0.15, 0.2) is 69.2 Å². The van der Waals surface area contributed by atoms with Gasteiger partial charge in [0.25, 0.3) is 0 Å². The van der Waals surface area contributed by atoms with Gasteiger partial charge in [0.2, 0.25) is 11.7 Å². The fourth-order valence-corrected chi connectivity index (χ4v) is 12.7. The number of pyridine rings is 4. The minimum Gasteiger partial charge on any atom is -0.464 e. The highest BCUT2D eigenvalue weighted by Crippen LogP contribution is 2.34. The number of aromatic amines is 1. The number of hydrogen-bond donors (Lipinski definition) is 1. The number of nitrogens with zero attached hydrogens (tertiary/aromatic N) is 10. The van der Waals surface area contributed by atoms with Crippen molar-refractivity contribution >= 4 is 57.6 Å². The fourth-order valence-electron chi connectivity index (χ4n) is 11.9. The molecule has 0 unspecified atom stereocenters. The Labute approximate surface area is 784 Å². The van der Waals surface area contributed by atoms with Gasteiger partial charge in [0, 0.05) is 138 Å². The average molecular weight is 1830 g/mol. The molecule has 694 valence electrons. The van der Waals surface area contributed by atoms with Gasteiger partial charge in [-0.2, -0.15) is 5.10 Å². The van der Waals surface area contributed by atoms with E-state index in [1.807, 2.05) is 279 Å². The van der Waals surface area contributed by atoms with Crippen LogP contribution in [-0.2, 0) is 0 Å². The normalized spacial score (nSPS) is 11.3. The van der Waals surface area contributed by atoms with Gasteiger partial charge in [0.05, 0.1) is 31.3 Å². The van der Waals surface area contributed by atoms with Crippen molar-refractivity contribution in [1.29, 1.82) is 0 Å². The van der Waals surface area contributed by atoms with E-state index in [0.717, 1.165) is 55.6 Å². The van der Waals surface area contributed by atoms with Crippen molar-refractivity contribution in [3.63, 3.8) is 0 Å². The zero-order chi connectivity index (χ0) is 98.0. The summed E-state index contributed by atoms with van der Waals surface area (Å²) in [6.07, 6.45) is 21.1. The van der Waals surface area contributed by atoms with Gasteiger partial charge in [-0.15, -0.1) is 11.3 Å². The number of aryl methyl sites for hydroxylation is 1. The maximum absolute atomic E-state index is 12.2. The number of hydrogen-bond acceptors (Lipinski definition) is 26. The van der Waals surface area contributed by atoms with E-state index in [9.17, 15) is 38.4 Å². The number of aromatic nitrogens is 11. The topological polar surface area (TPSA) is 373 Å². The number of benzene rings is 2. The molecule has 0 aliphatic carbocycles. The molecule has 14 aromatic heterocycles. The molecule has 0 saturated heterocycles. The third kappa shape index (κ3) is 29.6. The number of nitrogens with one attached hydrogen (secondary N) is 1. The number of furan rings is 5. The highest BCUT2D eigenvalue weighted by atomic mass is 32.1. The van der Waals surface area contributed by atoms with Crippen LogP contribution >= 0.6 is 11.3 Å². The third-order valence-corrected chi connectivity index (χ3v) is 20.3. The summed E-state index contributed by atoms with van der Waals surface area (Å²) in [7, 11) is 0. The molecule has 0 saturated carbocycles. The second-order valence-corrected chi connectivity index (χ2v) is 38.6. The first-order valence-electron chi connectivity index (χ1n) is 43.4. The van der Waals surface area contributed by atoms with E-state index in [1.54, 1.807) is 136 Å². The summed E-state index contributed by atoms with van der Waals surface area (Å²) in [6.45, 7) is 43.1. The number of H-pyrrole nitrogens is 1. The summed E-state index contributed by atoms with van der Waals surface area (Å²) in [5, 5.41) is 13.3. The van der Waals surface area contributed by atoms with Gasteiger partial charge >= 0.3 is 0 Å². The largest absolute Gasteiger partial charge is 0.464 e. The number of thiazole rings is 1. The van der Waals surface area contributed by atoms with E-state index < -0.39 is 27.1 Å². The predicted octanol–water partition coefficient (Wildman–Crippen LogP) is 26.7. The van der Waals surface area contributed by atoms with Crippen LogP contribution < -0.4 is 0 Å². The highest BCUT2D eigenvalue weighted by Gasteiger charge is 2.32. The summed E-state index contributed by atoms with van der Waals surface area (Å²) >= 11 is 1.52. The van der Waals surface area contributed by atoms with Crippen LogP contribution in [0.2, 0.25) is 0 Å². The first-order valence-corrected chi connectivity index (χ1v) is 44.3. The van der Waals surface area contributed by atoms with E-state index in [-0.39, 0.29) is 63.5 Å². The van der Waals surface area contributed by atoms with Gasteiger partial charge in [0.1, 0.15) is 68.5 Å². The van der Waals surface area contributed by atoms with Gasteiger partial charge < -0.3 is 31.0 Å². The van der Waals surface area contributed by atoms with Crippen molar-refractivity contribution in [1.82, 2.24) is 55.2 Å². The zero-order valence-corrected chi connectivity index (χ0v) is 80.8. The van der Waals surface area contributed by atoms with Crippen LogP contribution in [0.1, 0.15) is 242 Å². The van der Waals surface area contributed by atoms with Crippen molar-refractivity contribution in [2.24, 2.45) is 44.3 Å². The van der Waals surface area contributed by atoms with Crippen LogP contribution in [0, 0.1) is 51.2 Å². The lowest BCUT2D eigenvalue weighted by molar-refractivity contribution is 0.0843. The summed E-state index contributed by atoms with van der Waals surface area (Å²) in [5.74, 6) is 5.13. The first kappa shape index (κ1) is 103. The van der Waals surface area contributed by atoms with Gasteiger partial charge in [-0.25, -0.2) is 19.9 Å². The molecule has 26 nitrogen and oxygen atoms in total. The Morgan fingerprint density at radius 3 is 1.35 bits per heavy atom. The lowest BCUT2D eigenvalue weighted by Gasteiger charge is -2.16. The maximum Gasteiger partial charge on any atom is 0.226 e. The van der Waals surface area contributed by atoms with Crippen LogP contribution in [0.15, 0.2) is 293 Å². The Bertz CT molecular complexity index is 6290. The van der Waals surface area contributed by atoms with Crippen LogP contribution in [0.3, 0.4) is 0 Å². The average Bonchev–Trinajstić information content (AvgIpc) is 1.65. The van der Waals surface area contributed by atoms with Crippen molar-refractivity contribution < 1.29 is 69.4 Å². The van der Waals surface area contributed by atoms with Crippen LogP contribution in [0.25, 0.3) is 90.2 Å². The predicted molar refractivity (Wildman–Crippen MR) is 517 cm³/mol. The van der Waals surface area contributed by atoms with Crippen molar-refractivity contribution in [2.45, 2.75) is 159 Å². The molecule has 2 aromatic carbocycles. The molecule has 27 heteroatoms. The summed E-state index contributed by atoms with van der Waals surface area (Å²) in [4.78, 5) is 129. The van der Waals surface area contributed by atoms with Crippen molar-refractivity contribution in [3.05, 3.63) is 313 Å². The second kappa shape index (κ2) is 45.8. The maximum atomic E-state index is 12.2. The quantitative estimate of drug-likeness (QED) is 0.0780. The molecule has 134 heavy (non-hydrogen) atoms. The Morgan fingerprint density at radius 2 is 0.821 bits per heavy atom. The Kier molecular flexibility index (Phi) is 35.2. The Balaban J connectivity index is 0.000000172. The molecule has 0 aliphatic rings. The number of carbonyl (C=O) groups is 8. The molecule has 0 aliphatic heterocycles. The number of ketones is 8. The van der Waals surface area contributed by atoms with Crippen LogP contribution in [0.5, 0.6) is 0 Å². The van der Waals surface area contributed by atoms with Gasteiger partial charge in [-0.05, 0) is 134 Å². The number of Topliss-reactive ketones (excluding diaryl/α,β-unsaturated/α-hetero) is 8. The minimum absolute atomic E-state index is 0.00549. The third-order valence-electron chi connectivity index (χ3n) is 19.4. The van der Waals surface area contributed by atoms with Crippen LogP contribution in [-0.4, -0.2) is 101 Å². The van der Waals surface area contributed by atoms with E-state index in [4.69, 9.17) is 31.0 Å². The van der Waals surface area contributed by atoms with Gasteiger partial charge in [-0.1, -0.05) is 206 Å². The molecule has 0 spiro atoms. The molecule has 0 amide bonds. The van der Waals surface area contributed by atoms with E-state index in [0.29, 0.717) is 85.7 Å². The molecule has 0 radical (unpaired) electrons. The fraction of sp³-hybridized carbons (Fsp3) is 0.290. The van der Waals surface area contributed by atoms with Crippen molar-refractivity contribution in [2.75, 3.05) is 0 Å². The first-order chi connectivity index (χ1) is 63.2. The van der Waals surface area contributed by atoms with Crippen molar-refractivity contribution in [3.8, 4) is 90.2 Å². The highest BCUT2D eigenvalue weighted by molar-refractivity contribution is 7.13. The standard InChI is InChI=1S/C15H16N2O.C15H17NO2.C14H15NO2.C14H15NOS.C13H13NO2.C12H14N2O2.C12H12N2O2.C12H13NO3/c1-15(2,3)14(18)13-8-12(9-17-10-13)11-4-6-16-7-5-11;1-10-12(13(17)15(2,3)4)16-14(18-10)11-8-6-5-7-9-11;1-14(2,3)13(16)11-9-10(6-7-15-11)12-5-4-8-17-12;1-14(2,3)12(16)11-9-17-13(15-11)10-7-5-4-6-8-10;1-9(2)13(15)11-6-10(7-14-8-11)12-4-3-5-16-12;1-12(2,3)11(15)9-7-8(13-14-9)10-5-4-6-16-10;1-8(2)12(15)10-6-9(13-7-14-10)11-4-3-5-16-11;1-12(2,3)11(14)8-7-10(16-13-8)9-5-4-6-15-9/h4-10H,1-3H3;5-9H,1-4H3;2*4-9H,1-3H3;3-9H,1-2H3;4-7H,1-3H3,(H,13,14);3-8H,1-2H3;4-7H,1-3H3. The van der Waals surface area contributed by atoms with E-state index in [2.05, 4.69) is 55.2 Å². The van der Waals surface area contributed by atoms with Crippen LogP contribution in [0.4, 0.5) is 0 Å². The number of carbonyl (C=O) groups excluding carboxylic acids is 8. The number of oxazole rings is 1. The molecule has 16 aromatic rings. The minimum atomic E-state index is -0.461. The van der Waals surface area contributed by atoms with E-state index >= 15 is 0 Å². The smallest absolute Gasteiger partial charge is 0.226 e. The molecule has 0 atom stereocenters. The Hall–Kier alpha value is -14.9. The Morgan fingerprint density at radius 1 is 0.351 bits per heavy atom. The molecule has 14 heterocycles. The lowest BCUT2D eigenvalue weighted by atomic mass is 9.86. The summed E-state index contributed by atoms with van der Waals surface area (Å²) in [5.41, 5.74) is 8.39. The number of rotatable bonds is 18. The van der Waals surface area contributed by atoms with Gasteiger partial charge in [-0.3, -0.25) is 63.4 Å².